The summed E-state index contributed by atoms with van der Waals surface area (Å²) in [7, 11) is 0. The highest BCUT2D eigenvalue weighted by molar-refractivity contribution is 7.98. The van der Waals surface area contributed by atoms with Crippen molar-refractivity contribution in [3.8, 4) is 0 Å². The summed E-state index contributed by atoms with van der Waals surface area (Å²) in [5, 5.41) is 9.44. The Morgan fingerprint density at radius 2 is 2.24 bits per heavy atom. The molecule has 1 aliphatic rings. The summed E-state index contributed by atoms with van der Waals surface area (Å²) < 4.78 is 2.16. The van der Waals surface area contributed by atoms with Crippen LogP contribution in [-0.2, 0) is 6.54 Å². The number of carboxylic acids is 1. The summed E-state index contributed by atoms with van der Waals surface area (Å²) >= 11 is 1.85. The van der Waals surface area contributed by atoms with E-state index in [1.165, 1.54) is 12.8 Å². The van der Waals surface area contributed by atoms with Crippen molar-refractivity contribution in [2.24, 2.45) is 0 Å². The maximum absolute atomic E-state index is 11.5. The first kappa shape index (κ1) is 14.4. The molecule has 0 spiro atoms. The van der Waals surface area contributed by atoms with E-state index in [1.54, 1.807) is 12.1 Å². The minimum atomic E-state index is -0.867. The third kappa shape index (κ3) is 2.93. The lowest BCUT2D eigenvalue weighted by atomic mass is 10.2. The van der Waals surface area contributed by atoms with Crippen LogP contribution in [0.5, 0.6) is 0 Å². The highest BCUT2D eigenvalue weighted by Gasteiger charge is 2.30. The molecule has 1 saturated carbocycles. The van der Waals surface area contributed by atoms with Gasteiger partial charge in [0.15, 0.2) is 0 Å². The van der Waals surface area contributed by atoms with Gasteiger partial charge in [-0.25, -0.2) is 9.78 Å². The van der Waals surface area contributed by atoms with Gasteiger partial charge in [-0.3, -0.25) is 0 Å². The molecule has 4 nitrogen and oxygen atoms in total. The van der Waals surface area contributed by atoms with E-state index in [0.717, 1.165) is 42.0 Å². The smallest absolute Gasteiger partial charge is 0.337 e. The van der Waals surface area contributed by atoms with Gasteiger partial charge in [0.05, 0.1) is 16.6 Å². The van der Waals surface area contributed by atoms with Gasteiger partial charge < -0.3 is 9.67 Å². The summed E-state index contributed by atoms with van der Waals surface area (Å²) in [5.41, 5.74) is 1.99. The minimum Gasteiger partial charge on any atom is -0.478 e. The number of hydrogen-bond acceptors (Lipinski definition) is 3. The molecule has 0 unspecified atom stereocenters. The molecule has 1 aliphatic carbocycles. The van der Waals surface area contributed by atoms with E-state index in [9.17, 15) is 9.90 Å². The number of aryl methyl sites for hydroxylation is 1. The predicted molar refractivity (Wildman–Crippen MR) is 86.3 cm³/mol. The topological polar surface area (TPSA) is 55.1 Å². The largest absolute Gasteiger partial charge is 0.478 e. The summed E-state index contributed by atoms with van der Waals surface area (Å²) in [6, 6.07) is 5.39. The molecule has 112 valence electrons. The Morgan fingerprint density at radius 1 is 1.43 bits per heavy atom. The highest BCUT2D eigenvalue weighted by atomic mass is 32.2. The van der Waals surface area contributed by atoms with Crippen LogP contribution in [0.15, 0.2) is 18.2 Å². The first-order valence-electron chi connectivity index (χ1n) is 7.43. The van der Waals surface area contributed by atoms with Crippen molar-refractivity contribution >= 4 is 28.8 Å². The van der Waals surface area contributed by atoms with Gasteiger partial charge in [-0.2, -0.15) is 11.8 Å². The van der Waals surface area contributed by atoms with E-state index < -0.39 is 5.97 Å². The second kappa shape index (κ2) is 6.10. The number of thioether (sulfide) groups is 1. The van der Waals surface area contributed by atoms with Crippen LogP contribution in [0.3, 0.4) is 0 Å². The molecule has 0 atom stereocenters. The zero-order chi connectivity index (χ0) is 14.8. The first-order valence-corrected chi connectivity index (χ1v) is 8.83. The molecule has 1 heterocycles. The Kier molecular flexibility index (Phi) is 4.19. The van der Waals surface area contributed by atoms with E-state index in [2.05, 4.69) is 10.8 Å². The van der Waals surface area contributed by atoms with Gasteiger partial charge in [-0.15, -0.1) is 0 Å². The van der Waals surface area contributed by atoms with Crippen LogP contribution in [0.2, 0.25) is 0 Å². The highest BCUT2D eigenvalue weighted by Crippen LogP contribution is 2.41. The van der Waals surface area contributed by atoms with Crippen molar-refractivity contribution in [2.75, 3.05) is 12.0 Å². The lowest BCUT2D eigenvalue weighted by molar-refractivity contribution is 0.0698. The summed E-state index contributed by atoms with van der Waals surface area (Å²) in [4.78, 5) is 16.2. The molecule has 21 heavy (non-hydrogen) atoms. The Labute approximate surface area is 128 Å². The number of nitrogens with zero attached hydrogens (tertiary/aromatic N) is 2. The van der Waals surface area contributed by atoms with E-state index >= 15 is 0 Å². The van der Waals surface area contributed by atoms with Crippen LogP contribution >= 0.6 is 11.8 Å². The van der Waals surface area contributed by atoms with Gasteiger partial charge in [-0.05, 0) is 49.8 Å². The summed E-state index contributed by atoms with van der Waals surface area (Å²) in [5.74, 6) is 1.90. The molecule has 1 fully saturated rings. The average Bonchev–Trinajstić information content (AvgIpc) is 3.25. The van der Waals surface area contributed by atoms with Crippen LogP contribution in [0.25, 0.3) is 11.0 Å². The average molecular weight is 304 g/mol. The number of unbranched alkanes of at least 4 members (excludes halogenated alkanes) is 1. The molecule has 1 N–H and O–H groups in total. The maximum atomic E-state index is 11.5. The quantitative estimate of drug-likeness (QED) is 0.791. The fraction of sp³-hybridized carbons (Fsp3) is 0.500. The van der Waals surface area contributed by atoms with Crippen LogP contribution in [0.4, 0.5) is 0 Å². The summed E-state index contributed by atoms with van der Waals surface area (Å²) in [6.07, 6.45) is 6.69. The zero-order valence-corrected chi connectivity index (χ0v) is 13.0. The standard InChI is InChI=1S/C16H20N2O2S/c1-21-10-3-2-9-18-14-12(16(19)20)5-4-6-13(14)17-15(18)11-7-8-11/h4-6,11H,2-3,7-10H2,1H3,(H,19,20). The molecule has 1 aromatic heterocycles. The van der Waals surface area contributed by atoms with Crippen LogP contribution < -0.4 is 0 Å². The SMILES string of the molecule is CSCCCCn1c(C2CC2)nc2cccc(C(=O)O)c21. The number of benzene rings is 1. The predicted octanol–water partition coefficient (Wildman–Crippen LogP) is 3.76. The Bertz CT molecular complexity index is 662. The first-order chi connectivity index (χ1) is 10.2. The van der Waals surface area contributed by atoms with Gasteiger partial charge >= 0.3 is 5.97 Å². The van der Waals surface area contributed by atoms with Crippen molar-refractivity contribution in [3.63, 3.8) is 0 Å². The van der Waals surface area contributed by atoms with Gasteiger partial charge in [0.25, 0.3) is 0 Å². The van der Waals surface area contributed by atoms with E-state index in [-0.39, 0.29) is 0 Å². The zero-order valence-electron chi connectivity index (χ0n) is 12.2. The number of hydrogen-bond donors (Lipinski definition) is 1. The van der Waals surface area contributed by atoms with E-state index in [1.807, 2.05) is 17.8 Å². The van der Waals surface area contributed by atoms with Gasteiger partial charge in [0.1, 0.15) is 5.82 Å². The minimum absolute atomic E-state index is 0.372. The van der Waals surface area contributed by atoms with Gasteiger partial charge in [-0.1, -0.05) is 6.07 Å². The molecule has 2 aromatic rings. The van der Waals surface area contributed by atoms with E-state index in [0.29, 0.717) is 11.5 Å². The lowest BCUT2D eigenvalue weighted by Gasteiger charge is -2.10. The van der Waals surface area contributed by atoms with Crippen molar-refractivity contribution in [2.45, 2.75) is 38.1 Å². The maximum Gasteiger partial charge on any atom is 0.337 e. The molecule has 0 bridgehead atoms. The van der Waals surface area contributed by atoms with Crippen molar-refractivity contribution in [1.82, 2.24) is 9.55 Å². The Morgan fingerprint density at radius 3 is 2.90 bits per heavy atom. The Hall–Kier alpha value is -1.49. The number of para-hydroxylation sites is 1. The third-order valence-corrected chi connectivity index (χ3v) is 4.65. The second-order valence-electron chi connectivity index (χ2n) is 5.57. The number of fused-ring (bicyclic) bond motifs is 1. The van der Waals surface area contributed by atoms with Gasteiger partial charge in [0.2, 0.25) is 0 Å². The molecule has 3 rings (SSSR count). The Balaban J connectivity index is 2.00. The van der Waals surface area contributed by atoms with Crippen LogP contribution in [0, 0.1) is 0 Å². The molecule has 0 aliphatic heterocycles. The normalized spacial score (nSPS) is 14.7. The molecule has 0 amide bonds. The number of rotatable bonds is 7. The molecule has 1 aromatic carbocycles. The fourth-order valence-electron chi connectivity index (χ4n) is 2.77. The number of aromatic nitrogens is 2. The summed E-state index contributed by atoms with van der Waals surface area (Å²) in [6.45, 7) is 0.868. The lowest BCUT2D eigenvalue weighted by Crippen LogP contribution is -2.07. The monoisotopic (exact) mass is 304 g/mol. The number of imidazole rings is 1. The molecular formula is C16H20N2O2S. The van der Waals surface area contributed by atoms with Crippen LogP contribution in [0.1, 0.15) is 47.8 Å². The second-order valence-corrected chi connectivity index (χ2v) is 6.56. The molecule has 0 saturated heterocycles. The molecule has 0 radical (unpaired) electrons. The number of carboxylic acid groups (broad SMARTS) is 1. The molecular weight excluding hydrogens is 284 g/mol. The van der Waals surface area contributed by atoms with Crippen molar-refractivity contribution < 1.29 is 9.90 Å². The van der Waals surface area contributed by atoms with Gasteiger partial charge in [0, 0.05) is 12.5 Å². The fourth-order valence-corrected chi connectivity index (χ4v) is 3.26. The van der Waals surface area contributed by atoms with Crippen molar-refractivity contribution in [3.05, 3.63) is 29.6 Å². The third-order valence-electron chi connectivity index (χ3n) is 3.95. The molecule has 5 heteroatoms. The van der Waals surface area contributed by atoms with Crippen LogP contribution in [-0.4, -0.2) is 32.6 Å². The number of carbonyl (C=O) groups is 1. The van der Waals surface area contributed by atoms with E-state index in [4.69, 9.17) is 4.98 Å². The number of aromatic carboxylic acids is 1. The van der Waals surface area contributed by atoms with Crippen molar-refractivity contribution in [1.29, 1.82) is 0 Å².